The number of aryl methyl sites for hydroxylation is 1. The fourth-order valence-corrected chi connectivity index (χ4v) is 4.02. The minimum atomic E-state index is 0.505. The van der Waals surface area contributed by atoms with E-state index in [4.69, 9.17) is 4.98 Å². The Morgan fingerprint density at radius 3 is 2.89 bits per heavy atom. The van der Waals surface area contributed by atoms with E-state index in [1.165, 1.54) is 24.4 Å². The highest BCUT2D eigenvalue weighted by Gasteiger charge is 2.35. The maximum absolute atomic E-state index is 4.75. The van der Waals surface area contributed by atoms with Crippen molar-refractivity contribution in [3.8, 4) is 0 Å². The first kappa shape index (κ1) is 14.0. The second-order valence-electron chi connectivity index (χ2n) is 5.56. The zero-order chi connectivity index (χ0) is 13.1. The molecule has 1 fully saturated rings. The fraction of sp³-hybridized carbons (Fsp3) is 0.786. The third kappa shape index (κ3) is 2.92. The molecule has 2 atom stereocenters. The lowest BCUT2D eigenvalue weighted by Crippen LogP contribution is -2.45. The van der Waals surface area contributed by atoms with Crippen molar-refractivity contribution in [3.63, 3.8) is 0 Å². The zero-order valence-electron chi connectivity index (χ0n) is 11.9. The van der Waals surface area contributed by atoms with Crippen LogP contribution < -0.4 is 5.32 Å². The van der Waals surface area contributed by atoms with E-state index >= 15 is 0 Å². The lowest BCUT2D eigenvalue weighted by atomic mass is 9.88. The number of hydrogen-bond donors (Lipinski definition) is 1. The maximum Gasteiger partial charge on any atom is 0.110 e. The maximum atomic E-state index is 4.75. The van der Waals surface area contributed by atoms with E-state index in [-0.39, 0.29) is 0 Å². The molecule has 0 radical (unpaired) electrons. The molecule has 1 aliphatic heterocycles. The number of piperidine rings is 1. The Morgan fingerprint density at radius 2 is 2.33 bits per heavy atom. The molecule has 2 unspecified atom stereocenters. The summed E-state index contributed by atoms with van der Waals surface area (Å²) in [7, 11) is 2.05. The quantitative estimate of drug-likeness (QED) is 0.909. The first-order valence-electron chi connectivity index (χ1n) is 6.96. The van der Waals surface area contributed by atoms with Gasteiger partial charge in [0.1, 0.15) is 5.01 Å². The molecule has 1 aliphatic rings. The molecular weight excluding hydrogens is 242 g/mol. The third-order valence-corrected chi connectivity index (χ3v) is 4.85. The summed E-state index contributed by atoms with van der Waals surface area (Å²) >= 11 is 1.83. The predicted octanol–water partition coefficient (Wildman–Crippen LogP) is 2.83. The Kier molecular flexibility index (Phi) is 4.76. The average Bonchev–Trinajstić information content (AvgIpc) is 2.75. The smallest absolute Gasteiger partial charge is 0.110 e. The topological polar surface area (TPSA) is 28.2 Å². The van der Waals surface area contributed by atoms with Crippen LogP contribution in [0.4, 0.5) is 0 Å². The van der Waals surface area contributed by atoms with Crippen LogP contribution in [0.25, 0.3) is 0 Å². The number of aromatic nitrogens is 1. The van der Waals surface area contributed by atoms with Crippen LogP contribution >= 0.6 is 11.3 Å². The number of thiazole rings is 1. The second-order valence-corrected chi connectivity index (χ2v) is 6.45. The van der Waals surface area contributed by atoms with Crippen LogP contribution in [0, 0.1) is 12.8 Å². The van der Waals surface area contributed by atoms with Gasteiger partial charge in [-0.25, -0.2) is 4.98 Å². The fourth-order valence-electron chi connectivity index (χ4n) is 3.01. The Morgan fingerprint density at radius 1 is 1.56 bits per heavy atom. The number of nitrogens with zero attached hydrogens (tertiary/aromatic N) is 2. The van der Waals surface area contributed by atoms with Crippen LogP contribution in [0.2, 0.25) is 0 Å². The minimum Gasteiger partial charge on any atom is -0.319 e. The van der Waals surface area contributed by atoms with Crippen LogP contribution in [0.3, 0.4) is 0 Å². The van der Waals surface area contributed by atoms with E-state index in [0.29, 0.717) is 18.0 Å². The van der Waals surface area contributed by atoms with E-state index in [1.807, 2.05) is 11.3 Å². The molecule has 0 spiro atoms. The molecule has 1 saturated heterocycles. The van der Waals surface area contributed by atoms with Crippen LogP contribution in [0.1, 0.15) is 43.4 Å². The van der Waals surface area contributed by atoms with Crippen molar-refractivity contribution in [1.29, 1.82) is 0 Å². The third-order valence-electron chi connectivity index (χ3n) is 3.81. The van der Waals surface area contributed by atoms with E-state index in [2.05, 4.69) is 43.4 Å². The summed E-state index contributed by atoms with van der Waals surface area (Å²) in [5.41, 5.74) is 1.16. The molecule has 4 heteroatoms. The van der Waals surface area contributed by atoms with Crippen LogP contribution in [0.15, 0.2) is 5.38 Å². The molecule has 2 heterocycles. The first-order chi connectivity index (χ1) is 8.63. The van der Waals surface area contributed by atoms with E-state index < -0.39 is 0 Å². The van der Waals surface area contributed by atoms with Gasteiger partial charge in [-0.1, -0.05) is 0 Å². The Bertz CT molecular complexity index is 373. The summed E-state index contributed by atoms with van der Waals surface area (Å²) in [6.45, 7) is 8.99. The summed E-state index contributed by atoms with van der Waals surface area (Å²) in [6, 6.07) is 1.10. The molecule has 2 rings (SSSR count). The normalized spacial score (nSPS) is 25.8. The molecule has 102 valence electrons. The number of hydrogen-bond acceptors (Lipinski definition) is 4. The molecule has 1 N–H and O–H groups in total. The zero-order valence-corrected chi connectivity index (χ0v) is 12.8. The summed E-state index contributed by atoms with van der Waals surface area (Å²) in [5.74, 6) is 0.691. The van der Waals surface area contributed by atoms with Gasteiger partial charge in [0.05, 0.1) is 6.04 Å². The predicted molar refractivity (Wildman–Crippen MR) is 78.1 cm³/mol. The Balaban J connectivity index is 2.26. The Hall–Kier alpha value is -0.450. The molecule has 0 bridgehead atoms. The van der Waals surface area contributed by atoms with Crippen molar-refractivity contribution in [2.75, 3.05) is 20.1 Å². The van der Waals surface area contributed by atoms with Crippen LogP contribution in [-0.4, -0.2) is 36.1 Å². The van der Waals surface area contributed by atoms with E-state index in [1.54, 1.807) is 0 Å². The van der Waals surface area contributed by atoms with Gasteiger partial charge in [-0.2, -0.15) is 0 Å². The first-order valence-corrected chi connectivity index (χ1v) is 7.83. The van der Waals surface area contributed by atoms with Gasteiger partial charge in [-0.3, -0.25) is 4.90 Å². The highest BCUT2D eigenvalue weighted by Crippen LogP contribution is 2.38. The molecule has 1 aromatic heterocycles. The lowest BCUT2D eigenvalue weighted by Gasteiger charge is -2.42. The Labute approximate surface area is 115 Å². The van der Waals surface area contributed by atoms with Gasteiger partial charge in [-0.05, 0) is 59.7 Å². The number of nitrogens with one attached hydrogen (secondary N) is 1. The second kappa shape index (κ2) is 6.13. The molecule has 0 aliphatic carbocycles. The van der Waals surface area contributed by atoms with Gasteiger partial charge >= 0.3 is 0 Å². The number of rotatable bonds is 4. The van der Waals surface area contributed by atoms with Gasteiger partial charge in [0.25, 0.3) is 0 Å². The molecular formula is C14H25N3S. The van der Waals surface area contributed by atoms with Gasteiger partial charge in [-0.15, -0.1) is 11.3 Å². The largest absolute Gasteiger partial charge is 0.319 e. The van der Waals surface area contributed by atoms with Crippen molar-refractivity contribution >= 4 is 11.3 Å². The minimum absolute atomic E-state index is 0.505. The number of likely N-dealkylation sites (tertiary alicyclic amines) is 1. The van der Waals surface area contributed by atoms with Crippen molar-refractivity contribution in [3.05, 3.63) is 16.1 Å². The molecule has 3 nitrogen and oxygen atoms in total. The molecule has 18 heavy (non-hydrogen) atoms. The lowest BCUT2D eigenvalue weighted by molar-refractivity contribution is 0.0634. The van der Waals surface area contributed by atoms with E-state index in [0.717, 1.165) is 12.2 Å². The molecule has 1 aromatic rings. The standard InChI is InChI=1S/C14H25N3S/c1-10(2)17-7-5-6-12(8-15-4)13(17)14-16-11(3)9-18-14/h9-10,12-13,15H,5-8H2,1-4H3. The summed E-state index contributed by atoms with van der Waals surface area (Å²) in [6.07, 6.45) is 2.62. The van der Waals surface area contributed by atoms with Gasteiger partial charge < -0.3 is 5.32 Å². The highest BCUT2D eigenvalue weighted by atomic mass is 32.1. The van der Waals surface area contributed by atoms with Crippen molar-refractivity contribution in [2.45, 2.75) is 45.7 Å². The van der Waals surface area contributed by atoms with Crippen LogP contribution in [0.5, 0.6) is 0 Å². The van der Waals surface area contributed by atoms with Crippen molar-refractivity contribution in [1.82, 2.24) is 15.2 Å². The van der Waals surface area contributed by atoms with Crippen molar-refractivity contribution in [2.24, 2.45) is 5.92 Å². The summed E-state index contributed by atoms with van der Waals surface area (Å²) < 4.78 is 0. The summed E-state index contributed by atoms with van der Waals surface area (Å²) in [4.78, 5) is 7.38. The SMILES string of the molecule is CNCC1CCCN(C(C)C)C1c1nc(C)cs1. The average molecular weight is 267 g/mol. The molecule has 0 saturated carbocycles. The van der Waals surface area contributed by atoms with Gasteiger partial charge in [0, 0.05) is 17.1 Å². The molecule has 0 aromatic carbocycles. The van der Waals surface area contributed by atoms with Crippen LogP contribution in [-0.2, 0) is 0 Å². The van der Waals surface area contributed by atoms with Gasteiger partial charge in [0.15, 0.2) is 0 Å². The van der Waals surface area contributed by atoms with Gasteiger partial charge in [0.2, 0.25) is 0 Å². The monoisotopic (exact) mass is 267 g/mol. The van der Waals surface area contributed by atoms with E-state index in [9.17, 15) is 0 Å². The summed E-state index contributed by atoms with van der Waals surface area (Å²) in [5, 5.41) is 6.84. The van der Waals surface area contributed by atoms with Crippen molar-refractivity contribution < 1.29 is 0 Å². The molecule has 0 amide bonds. The highest BCUT2D eigenvalue weighted by molar-refractivity contribution is 7.09.